The van der Waals surface area contributed by atoms with Gasteiger partial charge in [-0.2, -0.15) is 65.9 Å². The predicted octanol–water partition coefficient (Wildman–Crippen LogP) is 23.1. The number of ether oxygens (including phenoxy) is 4. The van der Waals surface area contributed by atoms with Crippen LogP contribution in [0.5, 0.6) is 0 Å². The molecule has 20 nitrogen and oxygen atoms in total. The van der Waals surface area contributed by atoms with Crippen LogP contribution in [-0.2, 0) is 114 Å². The predicted molar refractivity (Wildman–Crippen MR) is 542 cm³/mol. The average molecular weight is 2480 g/mol. The van der Waals surface area contributed by atoms with Crippen molar-refractivity contribution in [2.24, 2.45) is 10.4 Å². The molecule has 1 unspecified atom stereocenters. The molecule has 0 bridgehead atoms. The topological polar surface area (TPSA) is 268 Å². The quantitative estimate of drug-likeness (QED) is 0.00642. The van der Waals surface area contributed by atoms with E-state index in [4.69, 9.17) is 29.0 Å². The number of aldehydes is 1. The van der Waals surface area contributed by atoms with E-state index in [0.717, 1.165) is 31.1 Å². The van der Waals surface area contributed by atoms with Crippen LogP contribution in [0.4, 0.5) is 65.9 Å². The molecule has 0 aromatic heterocycles. The summed E-state index contributed by atoms with van der Waals surface area (Å²) in [5, 5.41) is 34.9. The van der Waals surface area contributed by atoms with Crippen molar-refractivity contribution >= 4 is 117 Å². The van der Waals surface area contributed by atoms with Gasteiger partial charge in [-0.1, -0.05) is 172 Å². The minimum atomic E-state index is -4.96. The zero-order valence-corrected chi connectivity index (χ0v) is 88.8. The number of fused-ring (bicyclic) bond motifs is 1. The summed E-state index contributed by atoms with van der Waals surface area (Å²) in [6, 6.07) is 34.0. The maximum absolute atomic E-state index is 13.3. The molecule has 8 N–H and O–H groups in total. The molecule has 40 heteroatoms. The molecule has 141 heavy (non-hydrogen) atoms. The van der Waals surface area contributed by atoms with Crippen molar-refractivity contribution in [3.05, 3.63) is 314 Å². The summed E-state index contributed by atoms with van der Waals surface area (Å²) in [7, 11) is 1.00. The van der Waals surface area contributed by atoms with E-state index < -0.39 is 128 Å². The number of nitrogens with zero attached hydrogens (tertiary/aromatic N) is 2. The molecule has 0 aliphatic carbocycles. The molecule has 13 atom stereocenters. The number of hydrogen-bond acceptors (Lipinski definition) is 15. The van der Waals surface area contributed by atoms with Gasteiger partial charge in [0.05, 0.1) is 93.6 Å². The molecule has 12 rings (SSSR count). The summed E-state index contributed by atoms with van der Waals surface area (Å²) >= 11 is 8.48. The first-order valence-corrected chi connectivity index (χ1v) is 56.2. The van der Waals surface area contributed by atoms with Gasteiger partial charge in [-0.05, 0) is 142 Å². The average Bonchev–Trinajstić information content (AvgIpc) is 1.57. The second kappa shape index (κ2) is 53.9. The number of aryl methyl sites for hydroxylation is 1. The Morgan fingerprint density at radius 2 is 0.787 bits per heavy atom. The molecule has 0 saturated carbocycles. The Bertz CT molecular complexity index is 5020. The maximum atomic E-state index is 13.3. The fourth-order valence-electron chi connectivity index (χ4n) is 15.9. The first-order valence-electron chi connectivity index (χ1n) is 43.6. The van der Waals surface area contributed by atoms with Gasteiger partial charge in [-0.15, -0.1) is 52.6 Å². The SMILES string of the molecule is C=C[C@@]1(C=N[C@](C=C)(CO[C@H](C)c2cc(C)cc(C(F)(F)F)c2)c2ccccc2)CCC(=O)N1.C=C[C@@]1(C=O)CCC(=O)N1.C=C[C@@]1(CN[C@](C=C)(CO[C@H](C)c2cc(C(F)(F)F)cc(C(F)(F)F)c2)c2ccccc2)CCC(=O)N1.C=C[C@@]1(CN[C@](C=C)(CO[C@H](C)c2cc(C(F)(F)F)cc(C(F)(F)F)c2)c2ccccc2)CCC(=O)N1.C=C[C@@]12CCC(=O)N1[C@@H](C(C)(C)C)OC2O.CO.II.II.[V]. The first kappa shape index (κ1) is 125. The van der Waals surface area contributed by atoms with E-state index in [1.165, 1.54) is 19.9 Å². The Balaban J connectivity index is 0.000000380. The molecule has 0 spiro atoms. The van der Waals surface area contributed by atoms with Crippen molar-refractivity contribution in [1.82, 2.24) is 36.8 Å². The molecule has 6 heterocycles. The second-order valence-corrected chi connectivity index (χ2v) is 34.9. The molecule has 6 aliphatic rings. The fourth-order valence-corrected chi connectivity index (χ4v) is 15.9. The Hall–Kier alpha value is -7.94. The molecule has 6 aromatic rings. The summed E-state index contributed by atoms with van der Waals surface area (Å²) in [6.45, 7) is 42.8. The number of aliphatic hydroxyl groups is 2. The van der Waals surface area contributed by atoms with Crippen LogP contribution in [0.2, 0.25) is 0 Å². The number of benzene rings is 6. The summed E-state index contributed by atoms with van der Waals surface area (Å²) in [6.07, 6.45) is -8.72. The van der Waals surface area contributed by atoms with Gasteiger partial charge < -0.3 is 60.1 Å². The van der Waals surface area contributed by atoms with Crippen LogP contribution in [0.25, 0.3) is 0 Å². The largest absolute Gasteiger partial charge is 0.416 e. The number of aliphatic imine (C=N–C) groups is 1. The zero-order chi connectivity index (χ0) is 106. The summed E-state index contributed by atoms with van der Waals surface area (Å²) in [5.74, 6) is -0.371. The van der Waals surface area contributed by atoms with Crippen LogP contribution in [0, 0.1) is 12.3 Å². The Morgan fingerprint density at radius 3 is 1.08 bits per heavy atom. The van der Waals surface area contributed by atoms with E-state index >= 15 is 0 Å². The smallest absolute Gasteiger partial charge is 0.400 e. The van der Waals surface area contributed by atoms with Crippen molar-refractivity contribution in [2.75, 3.05) is 40.0 Å². The minimum Gasteiger partial charge on any atom is -0.400 e. The molecule has 5 amide bonds. The Labute approximate surface area is 871 Å². The second-order valence-electron chi connectivity index (χ2n) is 34.9. The monoisotopic (exact) mass is 2480 g/mol. The number of halogens is 19. The van der Waals surface area contributed by atoms with Gasteiger partial charge in [0.1, 0.15) is 29.1 Å². The van der Waals surface area contributed by atoms with Crippen LogP contribution in [0.3, 0.4) is 0 Å². The third-order valence-electron chi connectivity index (χ3n) is 24.4. The van der Waals surface area contributed by atoms with Crippen molar-refractivity contribution in [3.8, 4) is 0 Å². The molecule has 6 saturated heterocycles. The molecular formula is C101H117F15I4N8O12V. The normalized spacial score (nSPS) is 22.7. The summed E-state index contributed by atoms with van der Waals surface area (Å²) in [5.41, 5.74) is -10.8. The Kier molecular flexibility index (Phi) is 48.0. The number of hydrogen-bond donors (Lipinski definition) is 8. The van der Waals surface area contributed by atoms with Crippen LogP contribution in [-0.4, -0.2) is 137 Å². The van der Waals surface area contributed by atoms with Crippen LogP contribution in [0.15, 0.2) is 252 Å². The zero-order valence-electron chi connectivity index (χ0n) is 78.8. The van der Waals surface area contributed by atoms with Gasteiger partial charge in [0.2, 0.25) is 29.5 Å². The van der Waals surface area contributed by atoms with E-state index in [1.807, 2.05) is 51.1 Å². The van der Waals surface area contributed by atoms with E-state index in [9.17, 15) is 99.7 Å². The van der Waals surface area contributed by atoms with Crippen LogP contribution < -0.4 is 31.9 Å². The number of carbonyl (C=O) groups is 6. The van der Waals surface area contributed by atoms with E-state index in [-0.39, 0.29) is 116 Å². The summed E-state index contributed by atoms with van der Waals surface area (Å²) in [4.78, 5) is 75.0. The molecule has 6 aliphatic heterocycles. The molecule has 6 aromatic carbocycles. The van der Waals surface area contributed by atoms with Crippen molar-refractivity contribution in [1.29, 1.82) is 0 Å². The van der Waals surface area contributed by atoms with E-state index in [0.29, 0.717) is 111 Å². The number of alkyl halides is 15. The van der Waals surface area contributed by atoms with Gasteiger partial charge in [0.25, 0.3) is 0 Å². The summed E-state index contributed by atoms with van der Waals surface area (Å²) < 4.78 is 223. The third kappa shape index (κ3) is 33.5. The van der Waals surface area contributed by atoms with Gasteiger partial charge in [-0.25, -0.2) is 0 Å². The van der Waals surface area contributed by atoms with E-state index in [2.05, 4.69) is 159 Å². The minimum absolute atomic E-state index is 0. The van der Waals surface area contributed by atoms with Crippen molar-refractivity contribution < 1.29 is 142 Å². The van der Waals surface area contributed by atoms with Gasteiger partial charge in [0.15, 0.2) is 6.29 Å². The number of nitrogens with one attached hydrogen (secondary N) is 6. The molecular weight excluding hydrogens is 2360 g/mol. The molecule has 771 valence electrons. The van der Waals surface area contributed by atoms with Crippen molar-refractivity contribution in [2.45, 2.75) is 219 Å². The number of rotatable bonds is 32. The number of aliphatic hydroxyl groups excluding tert-OH is 2. The van der Waals surface area contributed by atoms with Gasteiger partial charge >= 0.3 is 30.9 Å². The first-order chi connectivity index (χ1) is 65.5. The maximum Gasteiger partial charge on any atom is 0.416 e. The van der Waals surface area contributed by atoms with Crippen molar-refractivity contribution in [3.63, 3.8) is 0 Å². The molecule has 6 fully saturated rings. The molecule has 1 radical (unpaired) electrons. The number of carbonyl (C=O) groups excluding carboxylic acids is 6. The fraction of sp³-hybridized carbons (Fsp3) is 0.416. The van der Waals surface area contributed by atoms with Crippen LogP contribution in [0.1, 0.15) is 191 Å². The van der Waals surface area contributed by atoms with E-state index in [1.54, 1.807) is 134 Å². The van der Waals surface area contributed by atoms with Crippen LogP contribution >= 0.6 is 74.5 Å². The third-order valence-corrected chi connectivity index (χ3v) is 24.4. The standard InChI is InChI=1S/2C27H28F6N2O2.C27H29F3N2O2.C12H19NO3.C7H9NO2.CH4O.2I2.V/c2*1-4-24(12-11-23(36)35-24)16-34-25(5-2,20-9-7-6-8-10-20)17-37-18(3)19-13-21(26(28,29)30)15-22(14-19)27(31,32)33;1-5-25(13-12-24(33)32-25)17-31-26(6-2,22-10-8-7-9-11-22)18-34-20(4)21-14-19(3)15-23(16-21)27(28,29)30;1-5-12-7-6-8(14)13(12)9(11(2,3)4)16-10(12)15;1-2-7(5-9)4-3-6(10)8-7;3*1-2;/h2*4-10,13-15,18,34H,1-2,11-12,16-17H2,3H3,(H,35,36);5-11,14-17,20H,1-2,12-13,18H2,3-4H3,(H,32,33);5,9-10,15H,1,6-7H2,2-4H3;2,5H,1,3-4H2,(H,8,10);2H,1H3;;;/t2*18-,24+,25-;20-,25+,26-;9-,10?,12+;7-;;;;/m11110..../s1. The Morgan fingerprint density at radius 1 is 0.454 bits per heavy atom. The van der Waals surface area contributed by atoms with Gasteiger partial charge in [-0.3, -0.25) is 39.6 Å². The van der Waals surface area contributed by atoms with Gasteiger partial charge in [0, 0.05) is 157 Å². The number of amides is 5.